The number of hydrogen-bond acceptors (Lipinski definition) is 6. The average molecular weight is 817 g/mol. The van der Waals surface area contributed by atoms with E-state index in [1.807, 2.05) is 0 Å². The van der Waals surface area contributed by atoms with Crippen LogP contribution in [0.25, 0.3) is 0 Å². The molecule has 0 saturated carbocycles. The fourth-order valence-electron chi connectivity index (χ4n) is 7.31. The van der Waals surface area contributed by atoms with Crippen molar-refractivity contribution in [1.29, 1.82) is 0 Å². The SMILES string of the molecule is CCCCCC/C=C\CCCCCCCC(=O)OC(COC(=O)CCCCCCC/C=C\CCCCCCC)COC(=O)CCCCCCCCCCCCCCC. The summed E-state index contributed by atoms with van der Waals surface area (Å²) >= 11 is 0. The Hall–Kier alpha value is -2.11. The summed E-state index contributed by atoms with van der Waals surface area (Å²) in [6.45, 7) is 6.62. The lowest BCUT2D eigenvalue weighted by atomic mass is 10.0. The Labute approximate surface area is 360 Å². The van der Waals surface area contributed by atoms with E-state index in [9.17, 15) is 14.4 Å². The zero-order chi connectivity index (χ0) is 42.3. The van der Waals surface area contributed by atoms with E-state index in [2.05, 4.69) is 45.1 Å². The zero-order valence-electron chi connectivity index (χ0n) is 38.8. The van der Waals surface area contributed by atoms with Crippen molar-refractivity contribution >= 4 is 17.9 Å². The molecule has 340 valence electrons. The van der Waals surface area contributed by atoms with Crippen molar-refractivity contribution in [2.24, 2.45) is 0 Å². The third kappa shape index (κ3) is 45.0. The lowest BCUT2D eigenvalue weighted by Crippen LogP contribution is -2.30. The minimum absolute atomic E-state index is 0.0737. The van der Waals surface area contributed by atoms with Gasteiger partial charge in [0.2, 0.25) is 0 Å². The molecule has 0 rings (SSSR count). The standard InChI is InChI=1S/C52H96O6/c1-4-7-10-13-16-19-22-25-28-30-33-36-39-42-45-51(54)57-48-49(58-52(55)46-43-40-37-34-31-27-24-21-18-15-12-9-6-3)47-56-50(53)44-41-38-35-32-29-26-23-20-17-14-11-8-5-2/h21-22,24-25,49H,4-20,23,26-48H2,1-3H3/b24-21-,25-22-. The summed E-state index contributed by atoms with van der Waals surface area (Å²) in [5.41, 5.74) is 0. The van der Waals surface area contributed by atoms with Crippen molar-refractivity contribution in [1.82, 2.24) is 0 Å². The highest BCUT2D eigenvalue weighted by atomic mass is 16.6. The second kappa shape index (κ2) is 47.6. The van der Waals surface area contributed by atoms with Gasteiger partial charge in [0.15, 0.2) is 6.10 Å². The molecule has 0 heterocycles. The highest BCUT2D eigenvalue weighted by molar-refractivity contribution is 5.71. The maximum Gasteiger partial charge on any atom is 0.306 e. The Morgan fingerprint density at radius 2 is 0.569 bits per heavy atom. The Morgan fingerprint density at radius 1 is 0.328 bits per heavy atom. The molecule has 0 aliphatic rings. The summed E-state index contributed by atoms with van der Waals surface area (Å²) in [4.78, 5) is 37.9. The number of allylic oxidation sites excluding steroid dienone is 4. The van der Waals surface area contributed by atoms with Crippen LogP contribution in [0.4, 0.5) is 0 Å². The van der Waals surface area contributed by atoms with Crippen LogP contribution in [0, 0.1) is 0 Å². The predicted octanol–water partition coefficient (Wildman–Crippen LogP) is 16.4. The fraction of sp³-hybridized carbons (Fsp3) is 0.865. The molecule has 0 aliphatic heterocycles. The highest BCUT2D eigenvalue weighted by Crippen LogP contribution is 2.15. The van der Waals surface area contributed by atoms with Crippen molar-refractivity contribution in [3.8, 4) is 0 Å². The molecule has 0 aromatic rings. The smallest absolute Gasteiger partial charge is 0.306 e. The second-order valence-corrected chi connectivity index (χ2v) is 17.1. The number of carbonyl (C=O) groups is 3. The highest BCUT2D eigenvalue weighted by Gasteiger charge is 2.19. The van der Waals surface area contributed by atoms with Crippen LogP contribution in [0.3, 0.4) is 0 Å². The first kappa shape index (κ1) is 55.9. The summed E-state index contributed by atoms with van der Waals surface area (Å²) in [6.07, 6.45) is 52.9. The Balaban J connectivity index is 4.37. The number of ether oxygens (including phenoxy) is 3. The van der Waals surface area contributed by atoms with E-state index in [0.29, 0.717) is 19.3 Å². The van der Waals surface area contributed by atoms with Crippen LogP contribution in [-0.2, 0) is 28.6 Å². The van der Waals surface area contributed by atoms with Gasteiger partial charge in [-0.2, -0.15) is 0 Å². The number of unbranched alkanes of at least 4 members (excludes halogenated alkanes) is 31. The van der Waals surface area contributed by atoms with E-state index in [-0.39, 0.29) is 31.1 Å². The summed E-state index contributed by atoms with van der Waals surface area (Å²) in [5, 5.41) is 0. The Morgan fingerprint density at radius 3 is 0.879 bits per heavy atom. The van der Waals surface area contributed by atoms with Crippen molar-refractivity contribution in [2.75, 3.05) is 13.2 Å². The lowest BCUT2D eigenvalue weighted by molar-refractivity contribution is -0.167. The molecule has 0 radical (unpaired) electrons. The van der Waals surface area contributed by atoms with Crippen LogP contribution in [0.15, 0.2) is 24.3 Å². The van der Waals surface area contributed by atoms with Crippen LogP contribution < -0.4 is 0 Å². The van der Waals surface area contributed by atoms with Crippen LogP contribution >= 0.6 is 0 Å². The minimum Gasteiger partial charge on any atom is -0.462 e. The van der Waals surface area contributed by atoms with E-state index in [4.69, 9.17) is 14.2 Å². The molecule has 0 N–H and O–H groups in total. The largest absolute Gasteiger partial charge is 0.462 e. The summed E-state index contributed by atoms with van der Waals surface area (Å²) in [7, 11) is 0. The van der Waals surface area contributed by atoms with Crippen LogP contribution in [-0.4, -0.2) is 37.2 Å². The third-order valence-corrected chi connectivity index (χ3v) is 11.2. The fourth-order valence-corrected chi connectivity index (χ4v) is 7.31. The minimum atomic E-state index is -0.773. The first-order chi connectivity index (χ1) is 28.5. The van der Waals surface area contributed by atoms with E-state index in [1.165, 1.54) is 161 Å². The summed E-state index contributed by atoms with van der Waals surface area (Å²) < 4.78 is 16.8. The van der Waals surface area contributed by atoms with Gasteiger partial charge < -0.3 is 14.2 Å². The van der Waals surface area contributed by atoms with Gasteiger partial charge in [-0.3, -0.25) is 14.4 Å². The molecular formula is C52H96O6. The molecular weight excluding hydrogens is 721 g/mol. The van der Waals surface area contributed by atoms with Gasteiger partial charge in [0, 0.05) is 19.3 Å². The zero-order valence-corrected chi connectivity index (χ0v) is 38.8. The molecule has 1 atom stereocenters. The molecule has 0 aromatic heterocycles. The van der Waals surface area contributed by atoms with Gasteiger partial charge in [0.05, 0.1) is 0 Å². The van der Waals surface area contributed by atoms with Crippen molar-refractivity contribution in [3.05, 3.63) is 24.3 Å². The number of rotatable bonds is 46. The van der Waals surface area contributed by atoms with Gasteiger partial charge in [0.25, 0.3) is 0 Å². The van der Waals surface area contributed by atoms with Crippen LogP contribution in [0.1, 0.15) is 271 Å². The van der Waals surface area contributed by atoms with E-state index >= 15 is 0 Å². The molecule has 0 aromatic carbocycles. The van der Waals surface area contributed by atoms with E-state index < -0.39 is 6.10 Å². The van der Waals surface area contributed by atoms with Crippen LogP contribution in [0.5, 0.6) is 0 Å². The molecule has 6 nitrogen and oxygen atoms in total. The third-order valence-electron chi connectivity index (χ3n) is 11.2. The molecule has 1 unspecified atom stereocenters. The number of esters is 3. The van der Waals surface area contributed by atoms with E-state index in [0.717, 1.165) is 70.6 Å². The summed E-state index contributed by atoms with van der Waals surface area (Å²) in [5.74, 6) is -0.881. The number of carbonyl (C=O) groups excluding carboxylic acids is 3. The Bertz CT molecular complexity index is 942. The van der Waals surface area contributed by atoms with Gasteiger partial charge in [-0.05, 0) is 70.6 Å². The molecule has 0 bridgehead atoms. The quantitative estimate of drug-likeness (QED) is 0.0263. The van der Waals surface area contributed by atoms with Gasteiger partial charge >= 0.3 is 17.9 Å². The molecule has 0 spiro atoms. The first-order valence-corrected chi connectivity index (χ1v) is 25.3. The maximum absolute atomic E-state index is 12.8. The Kier molecular flexibility index (Phi) is 45.8. The monoisotopic (exact) mass is 817 g/mol. The molecule has 0 amide bonds. The van der Waals surface area contributed by atoms with Crippen molar-refractivity contribution < 1.29 is 28.6 Å². The van der Waals surface area contributed by atoms with Gasteiger partial charge in [-0.25, -0.2) is 0 Å². The topological polar surface area (TPSA) is 78.9 Å². The van der Waals surface area contributed by atoms with Crippen LogP contribution in [0.2, 0.25) is 0 Å². The lowest BCUT2D eigenvalue weighted by Gasteiger charge is -2.18. The maximum atomic E-state index is 12.8. The van der Waals surface area contributed by atoms with E-state index in [1.54, 1.807) is 0 Å². The molecule has 6 heteroatoms. The predicted molar refractivity (Wildman–Crippen MR) is 247 cm³/mol. The normalized spacial score (nSPS) is 12.1. The van der Waals surface area contributed by atoms with Gasteiger partial charge in [-0.1, -0.05) is 206 Å². The molecule has 0 fully saturated rings. The molecule has 0 aliphatic carbocycles. The first-order valence-electron chi connectivity index (χ1n) is 25.3. The van der Waals surface area contributed by atoms with Crippen molar-refractivity contribution in [2.45, 2.75) is 277 Å². The van der Waals surface area contributed by atoms with Gasteiger partial charge in [0.1, 0.15) is 13.2 Å². The van der Waals surface area contributed by atoms with Gasteiger partial charge in [-0.15, -0.1) is 0 Å². The molecule has 58 heavy (non-hydrogen) atoms. The average Bonchev–Trinajstić information content (AvgIpc) is 3.22. The number of hydrogen-bond donors (Lipinski definition) is 0. The molecule has 0 saturated heterocycles. The summed E-state index contributed by atoms with van der Waals surface area (Å²) in [6, 6.07) is 0. The van der Waals surface area contributed by atoms with Crippen molar-refractivity contribution in [3.63, 3.8) is 0 Å². The second-order valence-electron chi connectivity index (χ2n) is 17.1.